The highest BCUT2D eigenvalue weighted by Gasteiger charge is 2.23. The normalized spacial score (nSPS) is 19.5. The minimum Gasteiger partial charge on any atom is -0.355 e. The molecule has 2 aliphatic heterocycles. The van der Waals surface area contributed by atoms with Gasteiger partial charge in [0.2, 0.25) is 5.91 Å². The molecule has 3 rings (SSSR count). The number of anilines is 2. The Morgan fingerprint density at radius 2 is 1.33 bits per heavy atom. The summed E-state index contributed by atoms with van der Waals surface area (Å²) in [7, 11) is 0. The van der Waals surface area contributed by atoms with Crippen LogP contribution in [0.15, 0.2) is 12.1 Å². The van der Waals surface area contributed by atoms with Crippen LogP contribution < -0.4 is 9.80 Å². The molecule has 0 aromatic carbocycles. The molecular formula is C18H29N5O. The van der Waals surface area contributed by atoms with Crippen LogP contribution in [0.4, 0.5) is 11.6 Å². The predicted molar refractivity (Wildman–Crippen MR) is 96.3 cm³/mol. The van der Waals surface area contributed by atoms with Crippen LogP contribution in [0.2, 0.25) is 0 Å². The molecule has 132 valence electrons. The molecule has 0 saturated carbocycles. The van der Waals surface area contributed by atoms with Crippen molar-refractivity contribution in [3.63, 3.8) is 0 Å². The highest BCUT2D eigenvalue weighted by molar-refractivity contribution is 5.78. The van der Waals surface area contributed by atoms with Crippen LogP contribution in [-0.2, 0) is 4.79 Å². The predicted octanol–water partition coefficient (Wildman–Crippen LogP) is 2.16. The molecule has 0 radical (unpaired) electrons. The van der Waals surface area contributed by atoms with Crippen molar-refractivity contribution in [2.45, 2.75) is 39.5 Å². The molecule has 0 bridgehead atoms. The number of aromatic nitrogens is 2. The zero-order chi connectivity index (χ0) is 16.9. The van der Waals surface area contributed by atoms with E-state index >= 15 is 0 Å². The molecule has 2 fully saturated rings. The molecule has 3 heterocycles. The lowest BCUT2D eigenvalue weighted by molar-refractivity contribution is -0.134. The number of amides is 1. The number of carbonyl (C=O) groups is 1. The first kappa shape index (κ1) is 17.0. The van der Waals surface area contributed by atoms with Gasteiger partial charge in [-0.3, -0.25) is 4.79 Å². The number of rotatable bonds is 3. The summed E-state index contributed by atoms with van der Waals surface area (Å²) >= 11 is 0. The van der Waals surface area contributed by atoms with Crippen molar-refractivity contribution in [2.24, 2.45) is 5.92 Å². The maximum absolute atomic E-state index is 12.1. The molecule has 0 N–H and O–H groups in total. The summed E-state index contributed by atoms with van der Waals surface area (Å²) in [5.74, 6) is 2.24. The van der Waals surface area contributed by atoms with E-state index in [-0.39, 0.29) is 11.8 Å². The SMILES string of the molecule is CC(C)C(=O)N1CCN(c2ccc(N3CCCCCC3)nn2)CC1. The number of nitrogens with zero attached hydrogens (tertiary/aromatic N) is 5. The van der Waals surface area contributed by atoms with Gasteiger partial charge in [-0.25, -0.2) is 0 Å². The fourth-order valence-electron chi connectivity index (χ4n) is 3.48. The second kappa shape index (κ2) is 7.81. The maximum Gasteiger partial charge on any atom is 0.225 e. The monoisotopic (exact) mass is 331 g/mol. The number of carbonyl (C=O) groups excluding carboxylic acids is 1. The lowest BCUT2D eigenvalue weighted by atomic mass is 10.1. The Hall–Kier alpha value is -1.85. The summed E-state index contributed by atoms with van der Waals surface area (Å²) < 4.78 is 0. The van der Waals surface area contributed by atoms with Gasteiger partial charge in [-0.15, -0.1) is 10.2 Å². The molecule has 24 heavy (non-hydrogen) atoms. The Morgan fingerprint density at radius 3 is 1.79 bits per heavy atom. The van der Waals surface area contributed by atoms with Gasteiger partial charge in [0.25, 0.3) is 0 Å². The van der Waals surface area contributed by atoms with Gasteiger partial charge in [0.05, 0.1) is 0 Å². The van der Waals surface area contributed by atoms with E-state index in [2.05, 4.69) is 32.1 Å². The van der Waals surface area contributed by atoms with Gasteiger partial charge in [-0.05, 0) is 25.0 Å². The van der Waals surface area contributed by atoms with E-state index in [0.717, 1.165) is 50.9 Å². The van der Waals surface area contributed by atoms with E-state index < -0.39 is 0 Å². The molecule has 2 saturated heterocycles. The Labute approximate surface area is 144 Å². The molecule has 1 aromatic heterocycles. The molecule has 0 spiro atoms. The molecule has 2 aliphatic rings. The number of hydrogen-bond acceptors (Lipinski definition) is 5. The van der Waals surface area contributed by atoms with Gasteiger partial charge in [-0.2, -0.15) is 0 Å². The fraction of sp³-hybridized carbons (Fsp3) is 0.722. The topological polar surface area (TPSA) is 52.6 Å². The van der Waals surface area contributed by atoms with Crippen LogP contribution in [-0.4, -0.2) is 60.3 Å². The highest BCUT2D eigenvalue weighted by Crippen LogP contribution is 2.20. The summed E-state index contributed by atoms with van der Waals surface area (Å²) in [5, 5.41) is 8.90. The van der Waals surface area contributed by atoms with E-state index in [1.165, 1.54) is 25.7 Å². The van der Waals surface area contributed by atoms with Crippen molar-refractivity contribution >= 4 is 17.5 Å². The Morgan fingerprint density at radius 1 is 0.833 bits per heavy atom. The van der Waals surface area contributed by atoms with Crippen molar-refractivity contribution in [1.82, 2.24) is 15.1 Å². The quantitative estimate of drug-likeness (QED) is 0.849. The van der Waals surface area contributed by atoms with Crippen LogP contribution in [0.5, 0.6) is 0 Å². The Bertz CT molecular complexity index is 529. The lowest BCUT2D eigenvalue weighted by Gasteiger charge is -2.36. The highest BCUT2D eigenvalue weighted by atomic mass is 16.2. The van der Waals surface area contributed by atoms with Crippen LogP contribution in [0.1, 0.15) is 39.5 Å². The minimum atomic E-state index is 0.0734. The lowest BCUT2D eigenvalue weighted by Crippen LogP contribution is -2.50. The van der Waals surface area contributed by atoms with Crippen molar-refractivity contribution in [3.8, 4) is 0 Å². The van der Waals surface area contributed by atoms with E-state index in [1.807, 2.05) is 18.7 Å². The van der Waals surface area contributed by atoms with Crippen LogP contribution in [0.25, 0.3) is 0 Å². The summed E-state index contributed by atoms with van der Waals surface area (Å²) in [4.78, 5) is 18.6. The third kappa shape index (κ3) is 3.97. The van der Waals surface area contributed by atoms with E-state index in [1.54, 1.807) is 0 Å². The smallest absolute Gasteiger partial charge is 0.225 e. The van der Waals surface area contributed by atoms with Crippen LogP contribution >= 0.6 is 0 Å². The first-order chi connectivity index (χ1) is 11.6. The molecule has 0 unspecified atom stereocenters. The average Bonchev–Trinajstić information content (AvgIpc) is 2.91. The van der Waals surface area contributed by atoms with Gasteiger partial charge >= 0.3 is 0 Å². The largest absolute Gasteiger partial charge is 0.355 e. The Balaban J connectivity index is 1.57. The minimum absolute atomic E-state index is 0.0734. The second-order valence-corrected chi connectivity index (χ2v) is 7.12. The number of piperazine rings is 1. The van der Waals surface area contributed by atoms with Gasteiger partial charge in [0.1, 0.15) is 0 Å². The summed E-state index contributed by atoms with van der Waals surface area (Å²) in [6.45, 7) is 9.29. The third-order valence-electron chi connectivity index (χ3n) is 4.98. The molecule has 1 aromatic rings. The van der Waals surface area contributed by atoms with Crippen molar-refractivity contribution < 1.29 is 4.79 Å². The molecule has 0 atom stereocenters. The van der Waals surface area contributed by atoms with Gasteiger partial charge in [0.15, 0.2) is 11.6 Å². The van der Waals surface area contributed by atoms with Crippen molar-refractivity contribution in [1.29, 1.82) is 0 Å². The standard InChI is InChI=1S/C18H29N5O/c1-15(2)18(24)23-13-11-22(12-14-23)17-8-7-16(19-20-17)21-9-5-3-4-6-10-21/h7-8,15H,3-6,9-14H2,1-2H3. The van der Waals surface area contributed by atoms with Crippen LogP contribution in [0.3, 0.4) is 0 Å². The van der Waals surface area contributed by atoms with E-state index in [4.69, 9.17) is 0 Å². The van der Waals surface area contributed by atoms with Gasteiger partial charge in [0, 0.05) is 45.2 Å². The van der Waals surface area contributed by atoms with Crippen molar-refractivity contribution in [2.75, 3.05) is 49.1 Å². The maximum atomic E-state index is 12.1. The zero-order valence-electron chi connectivity index (χ0n) is 14.9. The van der Waals surface area contributed by atoms with Crippen LogP contribution in [0, 0.1) is 5.92 Å². The summed E-state index contributed by atoms with van der Waals surface area (Å²) in [5.41, 5.74) is 0. The van der Waals surface area contributed by atoms with Gasteiger partial charge in [-0.1, -0.05) is 26.7 Å². The van der Waals surface area contributed by atoms with Gasteiger partial charge < -0.3 is 14.7 Å². The summed E-state index contributed by atoms with van der Waals surface area (Å²) in [6.07, 6.45) is 5.13. The first-order valence-corrected chi connectivity index (χ1v) is 9.27. The number of hydrogen-bond donors (Lipinski definition) is 0. The molecule has 1 amide bonds. The average molecular weight is 331 g/mol. The molecular weight excluding hydrogens is 302 g/mol. The molecule has 6 nitrogen and oxygen atoms in total. The fourth-order valence-corrected chi connectivity index (χ4v) is 3.48. The van der Waals surface area contributed by atoms with Crippen molar-refractivity contribution in [3.05, 3.63) is 12.1 Å². The zero-order valence-corrected chi connectivity index (χ0v) is 14.9. The molecule has 0 aliphatic carbocycles. The molecule has 6 heteroatoms. The van der Waals surface area contributed by atoms with E-state index in [9.17, 15) is 4.79 Å². The van der Waals surface area contributed by atoms with E-state index in [0.29, 0.717) is 0 Å². The first-order valence-electron chi connectivity index (χ1n) is 9.27. The Kier molecular flexibility index (Phi) is 5.53. The second-order valence-electron chi connectivity index (χ2n) is 7.12. The summed E-state index contributed by atoms with van der Waals surface area (Å²) in [6, 6.07) is 4.17. The third-order valence-corrected chi connectivity index (χ3v) is 4.98.